The second-order valence-corrected chi connectivity index (χ2v) is 7.45. The molecule has 2 heterocycles. The molecular formula is C20H31N3O2. The van der Waals surface area contributed by atoms with Crippen molar-refractivity contribution in [3.05, 3.63) is 35.4 Å². The van der Waals surface area contributed by atoms with Gasteiger partial charge in [0, 0.05) is 32.6 Å². The maximum Gasteiger partial charge on any atom is 0.220 e. The van der Waals surface area contributed by atoms with Crippen LogP contribution >= 0.6 is 0 Å². The van der Waals surface area contributed by atoms with E-state index in [4.69, 9.17) is 0 Å². The predicted molar refractivity (Wildman–Crippen MR) is 99.0 cm³/mol. The van der Waals surface area contributed by atoms with Gasteiger partial charge in [-0.05, 0) is 55.8 Å². The number of carbonyl (C=O) groups excluding carboxylic acids is 1. The lowest BCUT2D eigenvalue weighted by molar-refractivity contribution is -0.121. The summed E-state index contributed by atoms with van der Waals surface area (Å²) in [6.07, 6.45) is 4.38. The van der Waals surface area contributed by atoms with E-state index in [1.54, 1.807) is 0 Å². The zero-order valence-electron chi connectivity index (χ0n) is 15.0. The zero-order valence-corrected chi connectivity index (χ0v) is 15.0. The van der Waals surface area contributed by atoms with Gasteiger partial charge in [0.25, 0.3) is 0 Å². The third-order valence-electron chi connectivity index (χ3n) is 5.49. The van der Waals surface area contributed by atoms with Gasteiger partial charge in [-0.1, -0.05) is 24.3 Å². The minimum Gasteiger partial charge on any atom is -0.393 e. The number of hydrogen-bond donors (Lipinski definition) is 3. The largest absolute Gasteiger partial charge is 0.393 e. The smallest absolute Gasteiger partial charge is 0.220 e. The van der Waals surface area contributed by atoms with Gasteiger partial charge in [0.05, 0.1) is 6.10 Å². The van der Waals surface area contributed by atoms with Crippen LogP contribution in [0.25, 0.3) is 0 Å². The first kappa shape index (κ1) is 18.4. The number of aliphatic hydroxyl groups is 1. The van der Waals surface area contributed by atoms with Gasteiger partial charge < -0.3 is 15.7 Å². The first-order valence-electron chi connectivity index (χ1n) is 9.65. The zero-order chi connectivity index (χ0) is 17.5. The fourth-order valence-electron chi connectivity index (χ4n) is 3.78. The third kappa shape index (κ3) is 5.80. The molecular weight excluding hydrogens is 314 g/mol. The van der Waals surface area contributed by atoms with E-state index in [2.05, 4.69) is 33.7 Å². The molecule has 138 valence electrons. The molecule has 0 aliphatic carbocycles. The molecule has 2 aliphatic rings. The minimum absolute atomic E-state index is 0.138. The summed E-state index contributed by atoms with van der Waals surface area (Å²) in [5.41, 5.74) is 2.48. The monoisotopic (exact) mass is 345 g/mol. The van der Waals surface area contributed by atoms with Crippen LogP contribution in [0.5, 0.6) is 0 Å². The van der Waals surface area contributed by atoms with Crippen LogP contribution in [0.4, 0.5) is 0 Å². The van der Waals surface area contributed by atoms with Crippen LogP contribution in [0, 0.1) is 5.92 Å². The van der Waals surface area contributed by atoms with Crippen molar-refractivity contribution in [3.8, 4) is 0 Å². The molecule has 1 aromatic rings. The summed E-state index contributed by atoms with van der Waals surface area (Å²) in [6.45, 7) is 5.53. The highest BCUT2D eigenvalue weighted by Crippen LogP contribution is 2.17. The van der Waals surface area contributed by atoms with Crippen molar-refractivity contribution >= 4 is 5.91 Å². The molecule has 5 heteroatoms. The molecule has 3 rings (SSSR count). The molecule has 0 radical (unpaired) electrons. The highest BCUT2D eigenvalue weighted by atomic mass is 16.3. The van der Waals surface area contributed by atoms with Crippen molar-refractivity contribution < 1.29 is 9.90 Å². The number of nitrogens with one attached hydrogen (secondary N) is 2. The van der Waals surface area contributed by atoms with Crippen LogP contribution in [0.3, 0.4) is 0 Å². The Balaban J connectivity index is 1.46. The van der Waals surface area contributed by atoms with Crippen molar-refractivity contribution in [3.63, 3.8) is 0 Å². The number of nitrogens with zero attached hydrogens (tertiary/aromatic N) is 1. The Kier molecular flexibility index (Phi) is 6.84. The Morgan fingerprint density at radius 2 is 1.96 bits per heavy atom. The number of hydrogen-bond acceptors (Lipinski definition) is 4. The van der Waals surface area contributed by atoms with Crippen molar-refractivity contribution in [1.29, 1.82) is 0 Å². The summed E-state index contributed by atoms with van der Waals surface area (Å²) in [4.78, 5) is 14.5. The summed E-state index contributed by atoms with van der Waals surface area (Å²) in [6, 6.07) is 8.35. The van der Waals surface area contributed by atoms with Crippen LogP contribution in [-0.4, -0.2) is 48.2 Å². The fourth-order valence-corrected chi connectivity index (χ4v) is 3.78. The van der Waals surface area contributed by atoms with E-state index in [-0.39, 0.29) is 12.0 Å². The number of rotatable bonds is 7. The van der Waals surface area contributed by atoms with E-state index in [1.807, 2.05) is 6.07 Å². The van der Waals surface area contributed by atoms with Crippen molar-refractivity contribution in [2.75, 3.05) is 26.2 Å². The molecule has 0 aromatic heterocycles. The van der Waals surface area contributed by atoms with E-state index in [1.165, 1.54) is 17.5 Å². The molecule has 5 nitrogen and oxygen atoms in total. The lowest BCUT2D eigenvalue weighted by Gasteiger charge is -2.30. The second kappa shape index (κ2) is 9.32. The molecule has 1 aromatic carbocycles. The van der Waals surface area contributed by atoms with Crippen LogP contribution < -0.4 is 10.6 Å². The lowest BCUT2D eigenvalue weighted by atomic mass is 10.0. The molecule has 1 atom stereocenters. The van der Waals surface area contributed by atoms with Gasteiger partial charge in [-0.2, -0.15) is 0 Å². The molecule has 0 saturated carbocycles. The molecule has 1 unspecified atom stereocenters. The van der Waals surface area contributed by atoms with E-state index in [0.717, 1.165) is 52.0 Å². The van der Waals surface area contributed by atoms with Crippen LogP contribution in [-0.2, 0) is 17.9 Å². The summed E-state index contributed by atoms with van der Waals surface area (Å²) in [5.74, 6) is 0.815. The highest BCUT2D eigenvalue weighted by molar-refractivity contribution is 5.75. The Morgan fingerprint density at radius 1 is 1.20 bits per heavy atom. The van der Waals surface area contributed by atoms with E-state index < -0.39 is 0 Å². The normalized spacial score (nSPS) is 22.2. The molecule has 0 bridgehead atoms. The van der Waals surface area contributed by atoms with Crippen LogP contribution in [0.15, 0.2) is 24.3 Å². The number of aliphatic hydroxyl groups excluding tert-OH is 1. The number of amides is 1. The average Bonchev–Trinajstić information content (AvgIpc) is 3.15. The second-order valence-electron chi connectivity index (χ2n) is 7.45. The maximum absolute atomic E-state index is 12.1. The molecule has 25 heavy (non-hydrogen) atoms. The van der Waals surface area contributed by atoms with E-state index >= 15 is 0 Å². The van der Waals surface area contributed by atoms with Gasteiger partial charge in [0.15, 0.2) is 0 Å². The summed E-state index contributed by atoms with van der Waals surface area (Å²) in [5, 5.41) is 16.1. The van der Waals surface area contributed by atoms with Crippen LogP contribution in [0.2, 0.25) is 0 Å². The van der Waals surface area contributed by atoms with Crippen molar-refractivity contribution in [2.24, 2.45) is 5.92 Å². The quantitative estimate of drug-likeness (QED) is 0.703. The van der Waals surface area contributed by atoms with Crippen LogP contribution in [0.1, 0.15) is 43.2 Å². The van der Waals surface area contributed by atoms with Gasteiger partial charge in [0.2, 0.25) is 5.91 Å². The van der Waals surface area contributed by atoms with Gasteiger partial charge >= 0.3 is 0 Å². The molecule has 2 aliphatic heterocycles. The van der Waals surface area contributed by atoms with Crippen molar-refractivity contribution in [2.45, 2.75) is 51.3 Å². The van der Waals surface area contributed by atoms with E-state index in [9.17, 15) is 9.90 Å². The summed E-state index contributed by atoms with van der Waals surface area (Å²) in [7, 11) is 0. The number of carbonyl (C=O) groups is 1. The molecule has 0 spiro atoms. The number of likely N-dealkylation sites (tertiary alicyclic amines) is 1. The van der Waals surface area contributed by atoms with Crippen molar-refractivity contribution in [1.82, 2.24) is 15.5 Å². The maximum atomic E-state index is 12.1. The molecule has 2 saturated heterocycles. The Bertz CT molecular complexity index is 550. The average molecular weight is 345 g/mol. The summed E-state index contributed by atoms with van der Waals surface area (Å²) >= 11 is 0. The lowest BCUT2D eigenvalue weighted by Crippen LogP contribution is -2.35. The number of benzene rings is 1. The Hall–Kier alpha value is -1.43. The third-order valence-corrected chi connectivity index (χ3v) is 5.49. The Labute approximate surface area is 150 Å². The Morgan fingerprint density at radius 3 is 2.68 bits per heavy atom. The minimum atomic E-state index is -0.138. The first-order valence-corrected chi connectivity index (χ1v) is 9.65. The highest BCUT2D eigenvalue weighted by Gasteiger charge is 2.18. The van der Waals surface area contributed by atoms with E-state index in [0.29, 0.717) is 18.9 Å². The number of piperidine rings is 1. The molecule has 3 N–H and O–H groups in total. The predicted octanol–water partition coefficient (Wildman–Crippen LogP) is 1.65. The van der Waals surface area contributed by atoms with Gasteiger partial charge in [-0.15, -0.1) is 0 Å². The topological polar surface area (TPSA) is 64.6 Å². The van der Waals surface area contributed by atoms with Gasteiger partial charge in [0.1, 0.15) is 0 Å². The molecule has 1 amide bonds. The molecule has 2 fully saturated rings. The SMILES string of the molecule is O=C(CCC1CCNC1)NCc1ccccc1CN1CCC(O)CC1. The van der Waals surface area contributed by atoms with Gasteiger partial charge in [-0.25, -0.2) is 0 Å². The standard InChI is InChI=1S/C20H31N3O2/c24-19-8-11-23(12-9-19)15-18-4-2-1-3-17(18)14-22-20(25)6-5-16-7-10-21-13-16/h1-4,16,19,21,24H,5-15H2,(H,22,25). The van der Waals surface area contributed by atoms with Gasteiger partial charge in [-0.3, -0.25) is 9.69 Å². The fraction of sp³-hybridized carbons (Fsp3) is 0.650. The first-order chi connectivity index (χ1) is 12.2. The summed E-state index contributed by atoms with van der Waals surface area (Å²) < 4.78 is 0.